The molecule has 0 aliphatic carbocycles. The van der Waals surface area contributed by atoms with Crippen LogP contribution < -0.4 is 16.0 Å². The summed E-state index contributed by atoms with van der Waals surface area (Å²) in [5, 5.41) is 0. The third-order valence-electron chi connectivity index (χ3n) is 2.80. The lowest BCUT2D eigenvalue weighted by Crippen LogP contribution is -2.40. The van der Waals surface area contributed by atoms with E-state index in [0.29, 0.717) is 5.69 Å². The minimum atomic E-state index is -3.78. The normalized spacial score (nSPS) is 11.1. The molecule has 2 aromatic rings. The summed E-state index contributed by atoms with van der Waals surface area (Å²) < 4.78 is 23.8. The maximum atomic E-state index is 11.9. The monoisotopic (exact) mass is 305 g/mol. The minimum absolute atomic E-state index is 0.0505. The van der Waals surface area contributed by atoms with Gasteiger partial charge in [0.2, 0.25) is 5.91 Å². The van der Waals surface area contributed by atoms with Crippen molar-refractivity contribution in [1.82, 2.24) is 10.3 Å². The fourth-order valence-corrected chi connectivity index (χ4v) is 2.66. The van der Waals surface area contributed by atoms with E-state index in [1.807, 2.05) is 28.5 Å². The molecule has 0 bridgehead atoms. The first-order valence-corrected chi connectivity index (χ1v) is 7.62. The number of nitrogens with one attached hydrogen (secondary N) is 2. The van der Waals surface area contributed by atoms with Gasteiger partial charge in [-0.2, -0.15) is 0 Å². The Morgan fingerprint density at radius 2 is 1.67 bits per heavy atom. The summed E-state index contributed by atoms with van der Waals surface area (Å²) in [6.07, 6.45) is 0. The van der Waals surface area contributed by atoms with Gasteiger partial charge in [0, 0.05) is 18.2 Å². The molecule has 0 aliphatic heterocycles. The number of anilines is 1. The molecule has 0 heterocycles. The lowest BCUT2D eigenvalue weighted by Gasteiger charge is -2.09. The number of hydrazine groups is 1. The Hall–Kier alpha value is -2.38. The SMILES string of the molecule is CC(=O)NNS(=O)(=O)c1ccc(-c2ccccc2N)cc1. The van der Waals surface area contributed by atoms with Crippen LogP contribution >= 0.6 is 0 Å². The smallest absolute Gasteiger partial charge is 0.257 e. The van der Waals surface area contributed by atoms with E-state index < -0.39 is 15.9 Å². The molecular weight excluding hydrogens is 290 g/mol. The zero-order valence-corrected chi connectivity index (χ0v) is 12.1. The van der Waals surface area contributed by atoms with Crippen molar-refractivity contribution in [3.05, 3.63) is 48.5 Å². The van der Waals surface area contributed by atoms with Gasteiger partial charge in [0.1, 0.15) is 0 Å². The molecule has 21 heavy (non-hydrogen) atoms. The lowest BCUT2D eigenvalue weighted by molar-refractivity contribution is -0.119. The number of carbonyl (C=O) groups excluding carboxylic acids is 1. The largest absolute Gasteiger partial charge is 0.398 e. The molecule has 4 N–H and O–H groups in total. The number of hydrogen-bond acceptors (Lipinski definition) is 4. The first kappa shape index (κ1) is 15.0. The quantitative estimate of drug-likeness (QED) is 0.584. The van der Waals surface area contributed by atoms with Crippen LogP contribution in [-0.4, -0.2) is 14.3 Å². The second kappa shape index (κ2) is 5.94. The van der Waals surface area contributed by atoms with Gasteiger partial charge in [0.25, 0.3) is 10.0 Å². The van der Waals surface area contributed by atoms with Crippen molar-refractivity contribution in [2.24, 2.45) is 0 Å². The molecule has 0 aromatic heterocycles. The van der Waals surface area contributed by atoms with Crippen molar-refractivity contribution >= 4 is 21.6 Å². The van der Waals surface area contributed by atoms with Gasteiger partial charge in [-0.3, -0.25) is 10.2 Å². The highest BCUT2D eigenvalue weighted by molar-refractivity contribution is 7.89. The molecule has 110 valence electrons. The fourth-order valence-electron chi connectivity index (χ4n) is 1.77. The number of nitrogens with two attached hydrogens (primary N) is 1. The van der Waals surface area contributed by atoms with E-state index in [2.05, 4.69) is 0 Å². The van der Waals surface area contributed by atoms with Crippen LogP contribution in [0.4, 0.5) is 5.69 Å². The highest BCUT2D eigenvalue weighted by Gasteiger charge is 2.14. The van der Waals surface area contributed by atoms with Gasteiger partial charge in [-0.25, -0.2) is 8.42 Å². The van der Waals surface area contributed by atoms with E-state index in [0.717, 1.165) is 11.1 Å². The number of benzene rings is 2. The van der Waals surface area contributed by atoms with Crippen LogP contribution in [0.3, 0.4) is 0 Å². The molecule has 7 heteroatoms. The third kappa shape index (κ3) is 3.59. The average molecular weight is 305 g/mol. The predicted octanol–water partition coefficient (Wildman–Crippen LogP) is 1.27. The van der Waals surface area contributed by atoms with Gasteiger partial charge in [0.05, 0.1) is 4.90 Å². The van der Waals surface area contributed by atoms with Crippen molar-refractivity contribution in [3.63, 3.8) is 0 Å². The summed E-state index contributed by atoms with van der Waals surface area (Å²) in [6.45, 7) is 1.21. The van der Waals surface area contributed by atoms with Crippen LogP contribution in [-0.2, 0) is 14.8 Å². The molecule has 0 radical (unpaired) electrons. The Labute approximate surface area is 123 Å². The molecular formula is C14H15N3O3S. The van der Waals surface area contributed by atoms with Crippen LogP contribution in [0.2, 0.25) is 0 Å². The molecule has 6 nitrogen and oxygen atoms in total. The Bertz CT molecular complexity index is 755. The zero-order chi connectivity index (χ0) is 15.5. The summed E-state index contributed by atoms with van der Waals surface area (Å²) in [5.41, 5.74) is 10.2. The lowest BCUT2D eigenvalue weighted by atomic mass is 10.0. The molecule has 0 unspecified atom stereocenters. The number of para-hydroxylation sites is 1. The van der Waals surface area contributed by atoms with Crippen LogP contribution in [0.1, 0.15) is 6.92 Å². The molecule has 0 saturated carbocycles. The van der Waals surface area contributed by atoms with Crippen LogP contribution in [0.25, 0.3) is 11.1 Å². The molecule has 0 spiro atoms. The summed E-state index contributed by atoms with van der Waals surface area (Å²) in [4.78, 5) is 12.8. The number of carbonyl (C=O) groups is 1. The Balaban J connectivity index is 2.27. The second-order valence-corrected chi connectivity index (χ2v) is 6.08. The Morgan fingerprint density at radius 3 is 2.24 bits per heavy atom. The highest BCUT2D eigenvalue weighted by Crippen LogP contribution is 2.26. The zero-order valence-electron chi connectivity index (χ0n) is 11.3. The van der Waals surface area contributed by atoms with Crippen LogP contribution in [0, 0.1) is 0 Å². The van der Waals surface area contributed by atoms with Crippen molar-refractivity contribution in [1.29, 1.82) is 0 Å². The van der Waals surface area contributed by atoms with Gasteiger partial charge in [-0.1, -0.05) is 30.3 Å². The number of nitrogen functional groups attached to an aromatic ring is 1. The number of amides is 1. The first-order chi connectivity index (χ1) is 9.90. The summed E-state index contributed by atoms with van der Waals surface area (Å²) in [5.74, 6) is -0.493. The van der Waals surface area contributed by atoms with E-state index >= 15 is 0 Å². The molecule has 0 fully saturated rings. The molecule has 0 aliphatic rings. The van der Waals surface area contributed by atoms with E-state index in [-0.39, 0.29) is 4.90 Å². The number of hydrogen-bond donors (Lipinski definition) is 3. The third-order valence-corrected chi connectivity index (χ3v) is 4.06. The topological polar surface area (TPSA) is 101 Å². The molecule has 0 saturated heterocycles. The summed E-state index contributed by atoms with van der Waals surface area (Å²) in [6, 6.07) is 13.5. The van der Waals surface area contributed by atoms with Crippen LogP contribution in [0.15, 0.2) is 53.4 Å². The molecule has 2 rings (SSSR count). The Morgan fingerprint density at radius 1 is 1.05 bits per heavy atom. The van der Waals surface area contributed by atoms with E-state index in [9.17, 15) is 13.2 Å². The van der Waals surface area contributed by atoms with Gasteiger partial charge < -0.3 is 5.73 Å². The summed E-state index contributed by atoms with van der Waals surface area (Å²) in [7, 11) is -3.78. The van der Waals surface area contributed by atoms with Crippen LogP contribution in [0.5, 0.6) is 0 Å². The van der Waals surface area contributed by atoms with E-state index in [1.54, 1.807) is 18.2 Å². The van der Waals surface area contributed by atoms with Crippen molar-refractivity contribution in [3.8, 4) is 11.1 Å². The van der Waals surface area contributed by atoms with Crippen molar-refractivity contribution in [2.45, 2.75) is 11.8 Å². The summed E-state index contributed by atoms with van der Waals surface area (Å²) >= 11 is 0. The first-order valence-electron chi connectivity index (χ1n) is 6.13. The maximum Gasteiger partial charge on any atom is 0.257 e. The molecule has 0 atom stereocenters. The van der Waals surface area contributed by atoms with E-state index in [4.69, 9.17) is 5.73 Å². The van der Waals surface area contributed by atoms with Crippen molar-refractivity contribution < 1.29 is 13.2 Å². The number of rotatable bonds is 4. The van der Waals surface area contributed by atoms with Gasteiger partial charge in [-0.05, 0) is 23.8 Å². The van der Waals surface area contributed by atoms with Crippen molar-refractivity contribution in [2.75, 3.05) is 5.73 Å². The molecule has 1 amide bonds. The predicted molar refractivity (Wildman–Crippen MR) is 80.4 cm³/mol. The van der Waals surface area contributed by atoms with Gasteiger partial charge in [-0.15, -0.1) is 4.83 Å². The highest BCUT2D eigenvalue weighted by atomic mass is 32.2. The Kier molecular flexibility index (Phi) is 4.25. The number of sulfonamides is 1. The average Bonchev–Trinajstić information content (AvgIpc) is 2.46. The minimum Gasteiger partial charge on any atom is -0.398 e. The fraction of sp³-hybridized carbons (Fsp3) is 0.0714. The second-order valence-electron chi connectivity index (χ2n) is 4.40. The molecule has 2 aromatic carbocycles. The standard InChI is InChI=1S/C14H15N3O3S/c1-10(18)16-17-21(19,20)12-8-6-11(7-9-12)13-4-2-3-5-14(13)15/h2-9,17H,15H2,1H3,(H,16,18). The van der Waals surface area contributed by atoms with E-state index in [1.165, 1.54) is 19.1 Å². The van der Waals surface area contributed by atoms with Gasteiger partial charge >= 0.3 is 0 Å². The van der Waals surface area contributed by atoms with Gasteiger partial charge in [0.15, 0.2) is 0 Å². The maximum absolute atomic E-state index is 11.9.